The first-order valence-corrected chi connectivity index (χ1v) is 16.7. The average Bonchev–Trinajstić information content (AvgIpc) is 3.71. The molecule has 11 nitrogen and oxygen atoms in total. The van der Waals surface area contributed by atoms with Gasteiger partial charge in [-0.05, 0) is 42.5 Å². The number of hydrogen-bond acceptors (Lipinski definition) is 9. The molecule has 0 amide bonds. The zero-order valence-electron chi connectivity index (χ0n) is 24.8. The summed E-state index contributed by atoms with van der Waals surface area (Å²) in [7, 11) is -4.18. The van der Waals surface area contributed by atoms with Crippen LogP contribution in [-0.2, 0) is 19.9 Å². The molecule has 0 atom stereocenters. The first kappa shape index (κ1) is 30.6. The Morgan fingerprint density at radius 1 is 0.739 bits per heavy atom. The number of imidazole rings is 1. The van der Waals surface area contributed by atoms with E-state index < -0.39 is 36.4 Å². The number of para-hydroxylation sites is 1. The molecule has 13 heteroatoms. The number of carbonyl (C=O) groups excluding carboxylic acids is 1. The molecular formula is C33H27N3O8S2. The molecule has 2 aromatic heterocycles. The highest BCUT2D eigenvalue weighted by Crippen LogP contribution is 2.40. The van der Waals surface area contributed by atoms with Crippen LogP contribution in [0.5, 0.6) is 17.2 Å². The molecule has 0 radical (unpaired) electrons. The van der Waals surface area contributed by atoms with Gasteiger partial charge in [0.1, 0.15) is 11.5 Å². The van der Waals surface area contributed by atoms with E-state index in [0.29, 0.717) is 10.9 Å². The van der Waals surface area contributed by atoms with Crippen molar-refractivity contribution in [1.82, 2.24) is 13.9 Å². The van der Waals surface area contributed by atoms with E-state index in [1.54, 1.807) is 60.7 Å². The minimum Gasteiger partial charge on any atom is -0.493 e. The van der Waals surface area contributed by atoms with Crippen molar-refractivity contribution in [1.29, 1.82) is 0 Å². The van der Waals surface area contributed by atoms with Crippen LogP contribution >= 0.6 is 0 Å². The molecule has 0 saturated heterocycles. The fraction of sp³-hybridized carbons (Fsp3) is 0.0909. The molecule has 0 aliphatic carbocycles. The van der Waals surface area contributed by atoms with Gasteiger partial charge in [0.05, 0.1) is 36.6 Å². The standard InChI is InChI=1S/C33H27N3O8S2/c1-42-27-18-21(19-28(43-2)31(27)44-3)30(37)29-33(45(38,39)22-12-6-4-7-13-22)35-32(34-29)25-20-36(26-17-11-10-16-24(25)26)46(40,41)23-14-8-5-9-15-23/h4-20H,1-3H3,(H,34,35). The minimum atomic E-state index is -4.32. The molecule has 0 bridgehead atoms. The Morgan fingerprint density at radius 3 is 1.89 bits per heavy atom. The summed E-state index contributed by atoms with van der Waals surface area (Å²) in [5, 5.41) is 0.00130. The van der Waals surface area contributed by atoms with Crippen molar-refractivity contribution in [2.75, 3.05) is 21.3 Å². The third-order valence-corrected chi connectivity index (χ3v) is 10.8. The summed E-state index contributed by atoms with van der Waals surface area (Å²) in [6.45, 7) is 0. The maximum Gasteiger partial charge on any atom is 0.268 e. The number of nitrogens with one attached hydrogen (secondary N) is 1. The summed E-state index contributed by atoms with van der Waals surface area (Å²) < 4.78 is 72.7. The summed E-state index contributed by atoms with van der Waals surface area (Å²) in [6.07, 6.45) is 1.36. The van der Waals surface area contributed by atoms with Gasteiger partial charge in [-0.15, -0.1) is 0 Å². The number of ether oxygens (including phenoxy) is 3. The number of rotatable bonds is 10. The van der Waals surface area contributed by atoms with Gasteiger partial charge in [0.15, 0.2) is 16.5 Å². The summed E-state index contributed by atoms with van der Waals surface area (Å²) in [5.41, 5.74) is 0.216. The van der Waals surface area contributed by atoms with Gasteiger partial charge < -0.3 is 19.2 Å². The predicted octanol–water partition coefficient (Wildman–Crippen LogP) is 5.36. The average molecular weight is 658 g/mol. The zero-order chi connectivity index (χ0) is 32.6. The molecule has 4 aromatic carbocycles. The second kappa shape index (κ2) is 11.8. The van der Waals surface area contributed by atoms with Gasteiger partial charge in [-0.3, -0.25) is 4.79 Å². The SMILES string of the molecule is COc1cc(C(=O)c2nc(-c3cn(S(=O)(=O)c4ccccc4)c4ccccc34)[nH]c2S(=O)(=O)c2ccccc2)cc(OC)c1OC. The number of ketones is 1. The molecule has 0 aliphatic rings. The van der Waals surface area contributed by atoms with Crippen LogP contribution in [0.3, 0.4) is 0 Å². The van der Waals surface area contributed by atoms with Crippen LogP contribution in [-0.4, -0.2) is 57.9 Å². The normalized spacial score (nSPS) is 11.8. The number of aromatic nitrogens is 3. The maximum atomic E-state index is 14.1. The zero-order valence-corrected chi connectivity index (χ0v) is 26.4. The molecule has 0 fully saturated rings. The second-order valence-electron chi connectivity index (χ2n) is 10.00. The predicted molar refractivity (Wildman–Crippen MR) is 170 cm³/mol. The summed E-state index contributed by atoms with van der Waals surface area (Å²) >= 11 is 0. The lowest BCUT2D eigenvalue weighted by atomic mass is 10.1. The smallest absolute Gasteiger partial charge is 0.268 e. The third-order valence-electron chi connectivity index (χ3n) is 7.37. The third kappa shape index (κ3) is 5.08. The Kier molecular flexibility index (Phi) is 7.88. The van der Waals surface area contributed by atoms with Crippen LogP contribution in [0.15, 0.2) is 118 Å². The highest BCUT2D eigenvalue weighted by atomic mass is 32.2. The van der Waals surface area contributed by atoms with Crippen molar-refractivity contribution in [2.45, 2.75) is 14.8 Å². The molecule has 0 aliphatic heterocycles. The molecule has 234 valence electrons. The highest BCUT2D eigenvalue weighted by Gasteiger charge is 2.32. The van der Waals surface area contributed by atoms with Crippen LogP contribution in [0, 0.1) is 0 Å². The van der Waals surface area contributed by atoms with Crippen molar-refractivity contribution >= 4 is 36.5 Å². The van der Waals surface area contributed by atoms with E-state index in [4.69, 9.17) is 14.2 Å². The van der Waals surface area contributed by atoms with E-state index in [1.165, 1.54) is 63.9 Å². The van der Waals surface area contributed by atoms with Crippen LogP contribution in [0.2, 0.25) is 0 Å². The number of aromatic amines is 1. The van der Waals surface area contributed by atoms with Gasteiger partial charge in [-0.2, -0.15) is 0 Å². The minimum absolute atomic E-state index is 0.0196. The van der Waals surface area contributed by atoms with Crippen molar-refractivity contribution in [3.8, 4) is 28.6 Å². The van der Waals surface area contributed by atoms with Gasteiger partial charge in [0, 0.05) is 22.7 Å². The summed E-state index contributed by atoms with van der Waals surface area (Å²) in [5.74, 6) is -0.167. The molecule has 2 heterocycles. The molecule has 0 spiro atoms. The quantitative estimate of drug-likeness (QED) is 0.192. The largest absolute Gasteiger partial charge is 0.493 e. The van der Waals surface area contributed by atoms with E-state index in [9.17, 15) is 21.6 Å². The van der Waals surface area contributed by atoms with Gasteiger partial charge in [-0.25, -0.2) is 25.8 Å². The monoisotopic (exact) mass is 657 g/mol. The number of carbonyl (C=O) groups is 1. The number of nitrogens with zero attached hydrogens (tertiary/aromatic N) is 2. The first-order chi connectivity index (χ1) is 22.1. The van der Waals surface area contributed by atoms with E-state index in [0.717, 1.165) is 3.97 Å². The number of hydrogen-bond donors (Lipinski definition) is 1. The number of methoxy groups -OCH3 is 3. The van der Waals surface area contributed by atoms with E-state index in [1.807, 2.05) is 0 Å². The van der Waals surface area contributed by atoms with E-state index in [2.05, 4.69) is 9.97 Å². The number of benzene rings is 4. The lowest BCUT2D eigenvalue weighted by Gasteiger charge is -2.13. The first-order valence-electron chi connectivity index (χ1n) is 13.8. The van der Waals surface area contributed by atoms with Crippen LogP contribution in [0.25, 0.3) is 22.3 Å². The van der Waals surface area contributed by atoms with Crippen molar-refractivity contribution in [3.05, 3.63) is 115 Å². The molecule has 6 aromatic rings. The highest BCUT2D eigenvalue weighted by molar-refractivity contribution is 7.91. The fourth-order valence-electron chi connectivity index (χ4n) is 5.14. The van der Waals surface area contributed by atoms with Gasteiger partial charge >= 0.3 is 0 Å². The van der Waals surface area contributed by atoms with Gasteiger partial charge in [-0.1, -0.05) is 54.6 Å². The summed E-state index contributed by atoms with van der Waals surface area (Å²) in [6, 6.07) is 25.0. The van der Waals surface area contributed by atoms with Crippen LogP contribution in [0.4, 0.5) is 0 Å². The molecule has 0 saturated carbocycles. The number of fused-ring (bicyclic) bond motifs is 1. The van der Waals surface area contributed by atoms with Gasteiger partial charge in [0.25, 0.3) is 10.0 Å². The lowest BCUT2D eigenvalue weighted by Crippen LogP contribution is -2.11. The van der Waals surface area contributed by atoms with E-state index in [-0.39, 0.29) is 44.0 Å². The van der Waals surface area contributed by atoms with Crippen molar-refractivity contribution in [3.63, 3.8) is 0 Å². The Hall–Kier alpha value is -5.40. The molecule has 46 heavy (non-hydrogen) atoms. The summed E-state index contributed by atoms with van der Waals surface area (Å²) in [4.78, 5) is 21.5. The maximum absolute atomic E-state index is 14.1. The van der Waals surface area contributed by atoms with E-state index >= 15 is 0 Å². The number of H-pyrrole nitrogens is 1. The molecular weight excluding hydrogens is 631 g/mol. The Morgan fingerprint density at radius 2 is 1.30 bits per heavy atom. The van der Waals surface area contributed by atoms with Crippen LogP contribution < -0.4 is 14.2 Å². The van der Waals surface area contributed by atoms with Crippen molar-refractivity contribution < 1.29 is 35.8 Å². The Balaban J connectivity index is 1.60. The van der Waals surface area contributed by atoms with Gasteiger partial charge in [0.2, 0.25) is 21.4 Å². The Labute approximate surface area is 265 Å². The Bertz CT molecular complexity index is 2290. The number of sulfone groups is 1. The second-order valence-corrected chi connectivity index (χ2v) is 13.7. The topological polar surface area (TPSA) is 147 Å². The lowest BCUT2D eigenvalue weighted by molar-refractivity contribution is 0.103. The van der Waals surface area contributed by atoms with Crippen LogP contribution in [0.1, 0.15) is 16.1 Å². The molecule has 6 rings (SSSR count). The van der Waals surface area contributed by atoms with Crippen molar-refractivity contribution in [2.24, 2.45) is 0 Å². The fourth-order valence-corrected chi connectivity index (χ4v) is 7.91. The molecule has 0 unspecified atom stereocenters. The molecule has 1 N–H and O–H groups in total.